The lowest BCUT2D eigenvalue weighted by atomic mass is 9.92. The van der Waals surface area contributed by atoms with Crippen LogP contribution >= 0.6 is 0 Å². The standard InChI is InChI=1S/C50H85N13O22/c1-6-14-76-20-22-80-24-25-81-23-21-77-15-9-56-48(55)63(12-18-78-16-10-61(7-2)49(74)84-40(34(68)28-64)42-38(57-30(4)66)32(59-46(51)52)26-36(82-42)44(70)71)13-19-79-17-11-62(8-3)50(75)85-41(35(69)29-65)43-39(58-31(5)67)33(60-47(53)54)27-37(83-43)45(72)73/h1,26-27,32-35,38-43,64-65,68-69H,7-25,28-29H2,2-5H3,(H2,55,56)(H,57,66)(H,58,67)(H,70,71)(H,72,73)(H4,51,52,59)(H4,53,54,60)/t32-,33-,34+,35+,38+,39+,40+,41+,42+,43+/m0/s1. The maximum absolute atomic E-state index is 13.7. The molecule has 85 heavy (non-hydrogen) atoms. The van der Waals surface area contributed by atoms with Gasteiger partial charge < -0.3 is 132 Å². The molecule has 18 N–H and O–H groups in total. The van der Waals surface area contributed by atoms with Gasteiger partial charge in [0.25, 0.3) is 0 Å². The van der Waals surface area contributed by atoms with Crippen LogP contribution in [0.1, 0.15) is 27.7 Å². The number of hydrogen-bond acceptors (Lipinski definition) is 23. The lowest BCUT2D eigenvalue weighted by molar-refractivity contribution is -0.148. The van der Waals surface area contributed by atoms with Crippen molar-refractivity contribution in [1.82, 2.24) is 25.3 Å². The highest BCUT2D eigenvalue weighted by molar-refractivity contribution is 5.86. The second-order valence-corrected chi connectivity index (χ2v) is 18.3. The zero-order valence-electron chi connectivity index (χ0n) is 48.1. The number of aliphatic hydroxyl groups is 4. The van der Waals surface area contributed by atoms with Gasteiger partial charge in [0.05, 0.1) is 117 Å². The lowest BCUT2D eigenvalue weighted by Gasteiger charge is -2.40. The van der Waals surface area contributed by atoms with E-state index in [1.807, 2.05) is 0 Å². The summed E-state index contributed by atoms with van der Waals surface area (Å²) >= 11 is 0. The first kappa shape index (κ1) is 73.6. The molecule has 2 aliphatic heterocycles. The number of guanidine groups is 3. The van der Waals surface area contributed by atoms with E-state index in [4.69, 9.17) is 82.5 Å². The Morgan fingerprint density at radius 3 is 1.28 bits per heavy atom. The van der Waals surface area contributed by atoms with Gasteiger partial charge in [-0.05, 0) is 26.0 Å². The third-order valence-corrected chi connectivity index (χ3v) is 12.1. The predicted molar refractivity (Wildman–Crippen MR) is 299 cm³/mol. The van der Waals surface area contributed by atoms with E-state index in [-0.39, 0.29) is 105 Å². The molecule has 0 saturated carbocycles. The molecule has 35 nitrogen and oxygen atoms in total. The Kier molecular flexibility index (Phi) is 35.2. The molecule has 0 radical (unpaired) electrons. The van der Waals surface area contributed by atoms with Gasteiger partial charge in [-0.2, -0.15) is 0 Å². The minimum absolute atomic E-state index is 0.00914. The topological polar surface area (TPSA) is 517 Å². The Morgan fingerprint density at radius 1 is 0.600 bits per heavy atom. The van der Waals surface area contributed by atoms with Crippen molar-refractivity contribution in [3.8, 4) is 12.3 Å². The van der Waals surface area contributed by atoms with Crippen LogP contribution in [0, 0.1) is 12.3 Å². The summed E-state index contributed by atoms with van der Waals surface area (Å²) in [6.07, 6.45) is -5.44. The Labute approximate surface area is 491 Å². The number of amides is 4. The first-order valence-corrected chi connectivity index (χ1v) is 26.9. The summed E-state index contributed by atoms with van der Waals surface area (Å²) in [5.41, 5.74) is 28.8. The van der Waals surface area contributed by atoms with Crippen LogP contribution in [0.3, 0.4) is 0 Å². The highest BCUT2D eigenvalue weighted by Gasteiger charge is 2.48. The zero-order valence-corrected chi connectivity index (χ0v) is 48.1. The minimum atomic E-state index is -1.85. The molecule has 0 fully saturated rings. The van der Waals surface area contributed by atoms with E-state index in [9.17, 15) is 59.4 Å². The summed E-state index contributed by atoms with van der Waals surface area (Å²) in [6.45, 7) is 6.03. The maximum Gasteiger partial charge on any atom is 0.410 e. The summed E-state index contributed by atoms with van der Waals surface area (Å²) in [5.74, 6) is -4.32. The van der Waals surface area contributed by atoms with E-state index < -0.39 is 133 Å². The lowest BCUT2D eigenvalue weighted by Crippen LogP contribution is -2.61. The fraction of sp³-hybridized carbons (Fsp3) is 0.700. The summed E-state index contributed by atoms with van der Waals surface area (Å²) in [6, 6.07) is -5.13. The van der Waals surface area contributed by atoms with Crippen molar-refractivity contribution in [2.75, 3.05) is 138 Å². The van der Waals surface area contributed by atoms with E-state index in [2.05, 4.69) is 31.5 Å². The summed E-state index contributed by atoms with van der Waals surface area (Å²) in [5, 5.41) is 66.4. The molecular weight excluding hydrogens is 1130 g/mol. The van der Waals surface area contributed by atoms with Crippen LogP contribution in [0.25, 0.3) is 0 Å². The minimum Gasteiger partial charge on any atom is -0.477 e. The van der Waals surface area contributed by atoms with Crippen LogP contribution < -0.4 is 39.3 Å². The number of ether oxygens (including phenoxy) is 10. The second-order valence-electron chi connectivity index (χ2n) is 18.3. The van der Waals surface area contributed by atoms with Crippen molar-refractivity contribution >= 4 is 53.8 Å². The van der Waals surface area contributed by atoms with Crippen LogP contribution in [0.15, 0.2) is 38.6 Å². The Hall–Kier alpha value is -7.53. The fourth-order valence-corrected chi connectivity index (χ4v) is 8.03. The maximum atomic E-state index is 13.7. The van der Waals surface area contributed by atoms with E-state index in [1.54, 1.807) is 18.7 Å². The number of carbonyl (C=O) groups is 6. The van der Waals surface area contributed by atoms with Crippen molar-refractivity contribution in [1.29, 1.82) is 0 Å². The number of carboxylic acid groups (broad SMARTS) is 2. The summed E-state index contributed by atoms with van der Waals surface area (Å²) in [4.78, 5) is 92.4. The first-order valence-electron chi connectivity index (χ1n) is 26.9. The van der Waals surface area contributed by atoms with Gasteiger partial charge in [-0.1, -0.05) is 5.92 Å². The van der Waals surface area contributed by atoms with Gasteiger partial charge in [0.2, 0.25) is 23.3 Å². The average Bonchev–Trinajstić information content (AvgIpc) is 2.27. The molecule has 0 aromatic heterocycles. The van der Waals surface area contributed by atoms with Crippen molar-refractivity contribution in [3.05, 3.63) is 23.7 Å². The molecule has 482 valence electrons. The molecule has 2 aliphatic rings. The number of likely N-dealkylation sites (N-methyl/N-ethyl adjacent to an activating group) is 2. The van der Waals surface area contributed by atoms with E-state index >= 15 is 0 Å². The van der Waals surface area contributed by atoms with Crippen molar-refractivity contribution in [2.45, 2.75) is 88.5 Å². The third kappa shape index (κ3) is 27.4. The van der Waals surface area contributed by atoms with Gasteiger partial charge in [-0.3, -0.25) is 14.6 Å². The molecule has 0 aliphatic carbocycles. The Bertz CT molecular complexity index is 2160. The second kappa shape index (κ2) is 40.7. The number of terminal acetylenes is 1. The molecule has 0 unspecified atom stereocenters. The number of nitrogens with two attached hydrogens (primary N) is 5. The van der Waals surface area contributed by atoms with Crippen molar-refractivity contribution in [3.63, 3.8) is 0 Å². The van der Waals surface area contributed by atoms with Gasteiger partial charge in [-0.15, -0.1) is 6.42 Å². The molecule has 0 spiro atoms. The fourth-order valence-electron chi connectivity index (χ4n) is 8.03. The molecule has 2 rings (SSSR count). The Balaban J connectivity index is 2.18. The number of aliphatic carboxylic acids is 2. The number of nitrogens with zero attached hydrogens (tertiary/aromatic N) is 6. The average molecular weight is 1220 g/mol. The van der Waals surface area contributed by atoms with Gasteiger partial charge in [0.15, 0.2) is 42.3 Å². The van der Waals surface area contributed by atoms with E-state index in [1.165, 1.54) is 9.80 Å². The van der Waals surface area contributed by atoms with Crippen LogP contribution in [0.2, 0.25) is 0 Å². The third-order valence-electron chi connectivity index (χ3n) is 12.1. The van der Waals surface area contributed by atoms with E-state index in [0.717, 1.165) is 26.0 Å². The van der Waals surface area contributed by atoms with E-state index in [0.29, 0.717) is 26.4 Å². The van der Waals surface area contributed by atoms with Gasteiger partial charge in [-0.25, -0.2) is 29.2 Å². The van der Waals surface area contributed by atoms with Crippen LogP contribution in [-0.4, -0.2) is 298 Å². The smallest absolute Gasteiger partial charge is 0.410 e. The highest BCUT2D eigenvalue weighted by atomic mass is 16.6. The molecule has 4 amide bonds. The quantitative estimate of drug-likeness (QED) is 0.0117. The van der Waals surface area contributed by atoms with Crippen LogP contribution in [-0.2, 0) is 66.5 Å². The largest absolute Gasteiger partial charge is 0.477 e. The number of aliphatic hydroxyl groups excluding tert-OH is 4. The normalized spacial score (nSPS) is 19.7. The molecule has 10 atom stereocenters. The molecule has 0 saturated heterocycles. The van der Waals surface area contributed by atoms with Crippen molar-refractivity contribution in [2.24, 2.45) is 43.6 Å². The molecule has 2 heterocycles. The van der Waals surface area contributed by atoms with Gasteiger partial charge in [0.1, 0.15) is 18.8 Å². The zero-order chi connectivity index (χ0) is 63.4. The monoisotopic (exact) mass is 1220 g/mol. The molecular formula is C50H85N13O22. The number of carboxylic acids is 2. The molecule has 0 aromatic rings. The summed E-state index contributed by atoms with van der Waals surface area (Å²) < 4.78 is 56.0. The SMILES string of the molecule is C#CCOCCOCCOCCOCCN=C(N)N(CCOCCN(CC)C(=O)O[C@@H]([C@@H]1OC(C(=O)O)=C[C@H](N=C(N)N)[C@H]1NC(C)=O)[C@H](O)CO)CCOCCN(CC)C(=O)O[C@@H]([C@@H]1OC(C(=O)O)=C[C@H](N=C(N)N)[C@H]1NC(C)=O)[C@H](O)CO. The molecule has 0 aromatic carbocycles. The highest BCUT2D eigenvalue weighted by Crippen LogP contribution is 2.29. The number of hydrogen-bond donors (Lipinski definition) is 13. The first-order chi connectivity index (χ1) is 40.5. The van der Waals surface area contributed by atoms with Gasteiger partial charge >= 0.3 is 24.1 Å². The number of rotatable bonds is 41. The summed E-state index contributed by atoms with van der Waals surface area (Å²) in [7, 11) is 0. The number of aliphatic imine (C=N–C) groups is 3. The van der Waals surface area contributed by atoms with Gasteiger partial charge in [0, 0.05) is 53.1 Å². The number of nitrogens with one attached hydrogen (secondary N) is 2. The van der Waals surface area contributed by atoms with Crippen LogP contribution in [0.4, 0.5) is 9.59 Å². The van der Waals surface area contributed by atoms with Crippen LogP contribution in [0.5, 0.6) is 0 Å². The molecule has 35 heteroatoms. The van der Waals surface area contributed by atoms with Crippen molar-refractivity contribution < 1.29 is 107 Å². The number of carbonyl (C=O) groups excluding carboxylic acids is 4. The predicted octanol–water partition coefficient (Wildman–Crippen LogP) is -6.28. The Morgan fingerprint density at radius 2 is 0.953 bits per heavy atom. The molecule has 0 bridgehead atoms.